The van der Waals surface area contributed by atoms with E-state index in [0.717, 1.165) is 16.0 Å². The summed E-state index contributed by atoms with van der Waals surface area (Å²) in [6, 6.07) is 15.3. The molecule has 26 heavy (non-hydrogen) atoms. The topological polar surface area (TPSA) is 82.8 Å². The van der Waals surface area contributed by atoms with Gasteiger partial charge in [-0.1, -0.05) is 35.9 Å². The molecule has 0 saturated heterocycles. The van der Waals surface area contributed by atoms with Crippen molar-refractivity contribution in [2.75, 3.05) is 0 Å². The summed E-state index contributed by atoms with van der Waals surface area (Å²) < 4.78 is 0. The van der Waals surface area contributed by atoms with Gasteiger partial charge in [0.2, 0.25) is 0 Å². The first kappa shape index (κ1) is 15.9. The van der Waals surface area contributed by atoms with Crippen LogP contribution in [0.2, 0.25) is 0 Å². The third-order valence-corrected chi connectivity index (χ3v) is 3.95. The third-order valence-electron chi connectivity index (χ3n) is 3.95. The zero-order valence-corrected chi connectivity index (χ0v) is 14.0. The third kappa shape index (κ3) is 3.14. The zero-order chi connectivity index (χ0) is 17.9. The number of fused-ring (bicyclic) bond motifs is 1. The van der Waals surface area contributed by atoms with Crippen LogP contribution >= 0.6 is 0 Å². The maximum absolute atomic E-state index is 12.7. The summed E-state index contributed by atoms with van der Waals surface area (Å²) >= 11 is 0. The van der Waals surface area contributed by atoms with E-state index in [-0.39, 0.29) is 12.2 Å². The van der Waals surface area contributed by atoms with Crippen molar-refractivity contribution in [2.24, 2.45) is 0 Å². The van der Waals surface area contributed by atoms with E-state index >= 15 is 0 Å². The Morgan fingerprint density at radius 1 is 1.00 bits per heavy atom. The fraction of sp³-hybridized carbons (Fsp3) is 0.105. The van der Waals surface area contributed by atoms with Crippen molar-refractivity contribution in [2.45, 2.75) is 13.5 Å². The van der Waals surface area contributed by atoms with Gasteiger partial charge in [-0.3, -0.25) is 4.79 Å². The summed E-state index contributed by atoms with van der Waals surface area (Å²) in [4.78, 5) is 27.0. The van der Waals surface area contributed by atoms with Gasteiger partial charge in [-0.25, -0.2) is 9.97 Å². The molecule has 0 saturated carbocycles. The molecule has 4 aromatic rings. The van der Waals surface area contributed by atoms with Gasteiger partial charge < -0.3 is 4.84 Å². The first-order chi connectivity index (χ1) is 12.7. The Hall–Kier alpha value is -3.61. The Balaban J connectivity index is 1.69. The van der Waals surface area contributed by atoms with Crippen LogP contribution in [0.5, 0.6) is 0 Å². The Morgan fingerprint density at radius 2 is 1.73 bits per heavy atom. The summed E-state index contributed by atoms with van der Waals surface area (Å²) in [5, 5.41) is 8.30. The quantitative estimate of drug-likeness (QED) is 0.564. The normalized spacial score (nSPS) is 10.8. The Morgan fingerprint density at radius 3 is 2.50 bits per heavy atom. The van der Waals surface area contributed by atoms with Crippen molar-refractivity contribution in [3.8, 4) is 11.1 Å². The van der Waals surface area contributed by atoms with E-state index in [4.69, 9.17) is 4.84 Å². The molecule has 7 nitrogen and oxygen atoms in total. The van der Waals surface area contributed by atoms with Crippen LogP contribution in [0, 0.1) is 6.92 Å². The Kier molecular flexibility index (Phi) is 4.10. The largest absolute Gasteiger partial charge is 0.384 e. The molecule has 0 atom stereocenters. The number of aromatic nitrogens is 5. The molecule has 0 radical (unpaired) electrons. The molecule has 0 unspecified atom stereocenters. The number of rotatable bonds is 4. The van der Waals surface area contributed by atoms with Crippen LogP contribution < -0.4 is 10.4 Å². The van der Waals surface area contributed by atoms with Crippen LogP contribution in [-0.4, -0.2) is 25.1 Å². The number of nitrogens with zero attached hydrogens (tertiary/aromatic N) is 5. The molecular formula is C19H15N5O2. The molecule has 0 amide bonds. The van der Waals surface area contributed by atoms with Gasteiger partial charge in [0, 0.05) is 12.4 Å². The summed E-state index contributed by atoms with van der Waals surface area (Å²) in [6.07, 6.45) is 3.21. The predicted molar refractivity (Wildman–Crippen MR) is 96.3 cm³/mol. The highest BCUT2D eigenvalue weighted by molar-refractivity contribution is 5.83. The van der Waals surface area contributed by atoms with Crippen LogP contribution in [0.15, 0.2) is 65.7 Å². The van der Waals surface area contributed by atoms with E-state index in [1.807, 2.05) is 37.3 Å². The fourth-order valence-corrected chi connectivity index (χ4v) is 2.56. The Labute approximate surface area is 148 Å². The van der Waals surface area contributed by atoms with Gasteiger partial charge >= 0.3 is 5.56 Å². The lowest BCUT2D eigenvalue weighted by Gasteiger charge is -2.07. The lowest BCUT2D eigenvalue weighted by molar-refractivity contribution is 0.0511. The van der Waals surface area contributed by atoms with Crippen LogP contribution in [0.4, 0.5) is 0 Å². The van der Waals surface area contributed by atoms with E-state index in [0.29, 0.717) is 16.7 Å². The average molecular weight is 345 g/mol. The van der Waals surface area contributed by atoms with Crippen molar-refractivity contribution in [3.05, 3.63) is 82.7 Å². The second-order valence-corrected chi connectivity index (χ2v) is 5.80. The maximum atomic E-state index is 12.7. The molecule has 2 aromatic carbocycles. The van der Waals surface area contributed by atoms with Crippen LogP contribution in [0.1, 0.15) is 11.4 Å². The molecule has 0 fully saturated rings. The molecule has 0 aliphatic heterocycles. The average Bonchev–Trinajstić information content (AvgIpc) is 2.69. The number of hydrogen-bond donors (Lipinski definition) is 0. The summed E-state index contributed by atoms with van der Waals surface area (Å²) in [6.45, 7) is 2.06. The molecule has 0 aliphatic rings. The lowest BCUT2D eigenvalue weighted by Crippen LogP contribution is -2.30. The maximum Gasteiger partial charge on any atom is 0.314 e. The van der Waals surface area contributed by atoms with Crippen molar-refractivity contribution >= 4 is 10.9 Å². The van der Waals surface area contributed by atoms with Crippen LogP contribution in [-0.2, 0) is 6.61 Å². The van der Waals surface area contributed by atoms with E-state index < -0.39 is 0 Å². The standard InChI is InChI=1S/C19H15N5O2/c1-13-3-5-14(6-4-13)15-7-8-17-16(11-15)19(25)24(23-22-17)26-12-18-20-9-2-10-21-18/h2-11H,12H2,1H3. The van der Waals surface area contributed by atoms with Gasteiger partial charge in [-0.2, -0.15) is 0 Å². The minimum atomic E-state index is -0.375. The highest BCUT2D eigenvalue weighted by atomic mass is 16.7. The van der Waals surface area contributed by atoms with Crippen molar-refractivity contribution in [3.63, 3.8) is 0 Å². The number of hydrogen-bond acceptors (Lipinski definition) is 6. The highest BCUT2D eigenvalue weighted by Crippen LogP contribution is 2.22. The summed E-state index contributed by atoms with van der Waals surface area (Å²) in [5.41, 5.74) is 3.28. The van der Waals surface area contributed by atoms with Crippen LogP contribution in [0.3, 0.4) is 0 Å². The molecule has 2 heterocycles. The fourth-order valence-electron chi connectivity index (χ4n) is 2.56. The number of benzene rings is 2. The minimum absolute atomic E-state index is 0.0264. The molecular weight excluding hydrogens is 330 g/mol. The van der Waals surface area contributed by atoms with Gasteiger partial charge in [0.15, 0.2) is 12.4 Å². The summed E-state index contributed by atoms with van der Waals surface area (Å²) in [5.74, 6) is 0.453. The van der Waals surface area contributed by atoms with E-state index in [1.54, 1.807) is 30.6 Å². The van der Waals surface area contributed by atoms with E-state index in [9.17, 15) is 4.79 Å². The molecule has 0 spiro atoms. The smallest absolute Gasteiger partial charge is 0.314 e. The van der Waals surface area contributed by atoms with Crippen molar-refractivity contribution < 1.29 is 4.84 Å². The minimum Gasteiger partial charge on any atom is -0.384 e. The van der Waals surface area contributed by atoms with Gasteiger partial charge in [0.05, 0.1) is 5.39 Å². The molecule has 7 heteroatoms. The van der Waals surface area contributed by atoms with Gasteiger partial charge in [-0.15, -0.1) is 5.10 Å². The van der Waals surface area contributed by atoms with E-state index in [1.165, 1.54) is 5.56 Å². The SMILES string of the molecule is Cc1ccc(-c2ccc3nnn(OCc4ncccn4)c(=O)c3c2)cc1. The molecule has 0 aliphatic carbocycles. The second-order valence-electron chi connectivity index (χ2n) is 5.80. The first-order valence-corrected chi connectivity index (χ1v) is 8.07. The lowest BCUT2D eigenvalue weighted by atomic mass is 10.0. The second kappa shape index (κ2) is 6.72. The van der Waals surface area contributed by atoms with Crippen LogP contribution in [0.25, 0.3) is 22.0 Å². The number of aryl methyl sites for hydroxylation is 1. The monoisotopic (exact) mass is 345 g/mol. The van der Waals surface area contributed by atoms with Gasteiger partial charge in [0.1, 0.15) is 5.52 Å². The van der Waals surface area contributed by atoms with Crippen molar-refractivity contribution in [1.82, 2.24) is 25.1 Å². The molecule has 0 bridgehead atoms. The molecule has 2 aromatic heterocycles. The summed E-state index contributed by atoms with van der Waals surface area (Å²) in [7, 11) is 0. The van der Waals surface area contributed by atoms with Crippen molar-refractivity contribution in [1.29, 1.82) is 0 Å². The molecule has 4 rings (SSSR count). The zero-order valence-electron chi connectivity index (χ0n) is 14.0. The van der Waals surface area contributed by atoms with E-state index in [2.05, 4.69) is 20.3 Å². The molecule has 128 valence electrons. The highest BCUT2D eigenvalue weighted by Gasteiger charge is 2.09. The Bertz CT molecular complexity index is 1110. The molecule has 0 N–H and O–H groups in total. The predicted octanol–water partition coefficient (Wildman–Crippen LogP) is 2.19. The van der Waals surface area contributed by atoms with Gasteiger partial charge in [-0.05, 0) is 46.3 Å². The first-order valence-electron chi connectivity index (χ1n) is 8.07. The van der Waals surface area contributed by atoms with Gasteiger partial charge in [0.25, 0.3) is 0 Å².